The van der Waals surface area contributed by atoms with Crippen molar-refractivity contribution >= 4 is 58.3 Å². The van der Waals surface area contributed by atoms with Crippen molar-refractivity contribution in [3.05, 3.63) is 86.4 Å². The van der Waals surface area contributed by atoms with Crippen LogP contribution in [0.5, 0.6) is 0 Å². The van der Waals surface area contributed by atoms with Crippen molar-refractivity contribution in [2.75, 3.05) is 31.0 Å². The number of thioether (sulfide) groups is 1. The van der Waals surface area contributed by atoms with Crippen molar-refractivity contribution < 1.29 is 18.6 Å². The van der Waals surface area contributed by atoms with Crippen LogP contribution in [0.25, 0.3) is 11.2 Å². The van der Waals surface area contributed by atoms with Crippen LogP contribution >= 0.6 is 36.1 Å². The predicted octanol–water partition coefficient (Wildman–Crippen LogP) is 4.87. The van der Waals surface area contributed by atoms with Gasteiger partial charge in [-0.1, -0.05) is 69.7 Å². The van der Waals surface area contributed by atoms with Gasteiger partial charge >= 0.3 is 0 Å². The third kappa shape index (κ3) is 8.20. The fourth-order valence-corrected chi connectivity index (χ4v) is 5.68. The molecule has 2 heterocycles. The summed E-state index contributed by atoms with van der Waals surface area (Å²) < 4.78 is 20.5. The number of carbonyl (C=O) groups excluding carboxylic acids is 1. The number of anilines is 1. The quantitative estimate of drug-likeness (QED) is 0.159. The highest BCUT2D eigenvalue weighted by atomic mass is 79.9. The number of ether oxygens (including phenoxy) is 1. The molecule has 2 aromatic heterocycles. The Balaban J connectivity index is 1.28. The topological polar surface area (TPSA) is 134 Å². The first-order valence-electron chi connectivity index (χ1n) is 11.7. The van der Waals surface area contributed by atoms with E-state index < -0.39 is 8.38 Å². The number of aromatic nitrogens is 4. The van der Waals surface area contributed by atoms with Crippen LogP contribution in [0.15, 0.2) is 64.1 Å². The molecule has 0 radical (unpaired) electrons. The predicted molar refractivity (Wildman–Crippen MR) is 153 cm³/mol. The smallest absolute Gasteiger partial charge is 0.280 e. The third-order valence-electron chi connectivity index (χ3n) is 5.27. The second-order valence-corrected chi connectivity index (χ2v) is 11.6. The molecular weight excluding hydrogens is 593 g/mol. The minimum absolute atomic E-state index is 0.00451. The lowest BCUT2D eigenvalue weighted by atomic mass is 10.2. The van der Waals surface area contributed by atoms with Gasteiger partial charge in [0.05, 0.1) is 26.1 Å². The van der Waals surface area contributed by atoms with Gasteiger partial charge in [0.1, 0.15) is 6.35 Å². The van der Waals surface area contributed by atoms with Crippen molar-refractivity contribution in [1.82, 2.24) is 19.5 Å². The third-order valence-corrected chi connectivity index (χ3v) is 7.91. The van der Waals surface area contributed by atoms with Crippen LogP contribution in [-0.2, 0) is 26.9 Å². The van der Waals surface area contributed by atoms with Crippen LogP contribution in [0.1, 0.15) is 21.5 Å². The van der Waals surface area contributed by atoms with Crippen molar-refractivity contribution in [1.29, 1.82) is 0 Å². The number of H-pyrrole nitrogens is 1. The molecule has 1 unspecified atom stereocenters. The second kappa shape index (κ2) is 14.0. The second-order valence-electron chi connectivity index (χ2n) is 8.17. The van der Waals surface area contributed by atoms with E-state index >= 15 is 0 Å². The first kappa shape index (κ1) is 28.4. The molecule has 13 heteroatoms. The minimum atomic E-state index is -1.38. The van der Waals surface area contributed by atoms with E-state index in [4.69, 9.17) is 19.5 Å². The number of hydrogen-bond acceptors (Lipinski definition) is 9. The lowest BCUT2D eigenvalue weighted by Gasteiger charge is -2.18. The van der Waals surface area contributed by atoms with E-state index in [1.165, 1.54) is 18.1 Å². The lowest BCUT2D eigenvalue weighted by molar-refractivity contribution is 0.108. The Labute approximate surface area is 233 Å². The van der Waals surface area contributed by atoms with Crippen LogP contribution in [0.4, 0.5) is 5.95 Å². The number of benzene rings is 2. The fourth-order valence-electron chi connectivity index (χ4n) is 3.37. The van der Waals surface area contributed by atoms with Gasteiger partial charge in [-0.05, 0) is 24.6 Å². The Morgan fingerprint density at radius 1 is 1.18 bits per heavy atom. The molecule has 0 aliphatic rings. The van der Waals surface area contributed by atoms with Gasteiger partial charge in [0, 0.05) is 22.3 Å². The number of nitrogens with two attached hydrogens (primary N) is 1. The van der Waals surface area contributed by atoms with Gasteiger partial charge in [0.25, 0.3) is 5.56 Å². The van der Waals surface area contributed by atoms with E-state index in [0.717, 1.165) is 15.6 Å². The van der Waals surface area contributed by atoms with E-state index in [1.807, 2.05) is 55.5 Å². The normalized spacial score (nSPS) is 12.2. The number of halogens is 1. The van der Waals surface area contributed by atoms with Crippen molar-refractivity contribution in [2.45, 2.75) is 20.1 Å². The number of aromatic amines is 1. The zero-order valence-electron chi connectivity index (χ0n) is 20.6. The summed E-state index contributed by atoms with van der Waals surface area (Å²) in [6.07, 6.45) is 1.77. The molecule has 38 heavy (non-hydrogen) atoms. The van der Waals surface area contributed by atoms with Crippen LogP contribution < -0.4 is 11.3 Å². The molecule has 0 aliphatic heterocycles. The molecule has 4 aromatic rings. The van der Waals surface area contributed by atoms with Crippen molar-refractivity contribution in [3.63, 3.8) is 0 Å². The number of nitrogens with one attached hydrogen (secondary N) is 1. The number of imidazole rings is 1. The van der Waals surface area contributed by atoms with Gasteiger partial charge in [-0.2, -0.15) is 4.98 Å². The van der Waals surface area contributed by atoms with Crippen LogP contribution in [0, 0.1) is 6.92 Å². The molecule has 0 saturated carbocycles. The highest BCUT2D eigenvalue weighted by Crippen LogP contribution is 2.39. The van der Waals surface area contributed by atoms with Gasteiger partial charge in [-0.15, -0.1) is 0 Å². The summed E-state index contributed by atoms with van der Waals surface area (Å²) in [4.78, 5) is 35.1. The number of nitrogens with zero attached hydrogens (tertiary/aromatic N) is 3. The van der Waals surface area contributed by atoms with Gasteiger partial charge in [-0.25, -0.2) is 4.98 Å². The Kier molecular flexibility index (Phi) is 10.4. The molecular formula is C25H27BrN5O5PS. The maximum absolute atomic E-state index is 12.4. The summed E-state index contributed by atoms with van der Waals surface area (Å²) in [6.45, 7) is 3.43. The van der Waals surface area contributed by atoms with Crippen LogP contribution in [-0.4, -0.2) is 49.9 Å². The maximum atomic E-state index is 12.4. The molecule has 0 bridgehead atoms. The minimum Gasteiger partial charge on any atom is -0.370 e. The number of rotatable bonds is 13. The molecule has 200 valence electrons. The van der Waals surface area contributed by atoms with Gasteiger partial charge in [0.15, 0.2) is 19.5 Å². The molecule has 0 saturated heterocycles. The molecule has 0 spiro atoms. The van der Waals surface area contributed by atoms with Crippen LogP contribution in [0.3, 0.4) is 0 Å². The van der Waals surface area contributed by atoms with E-state index in [2.05, 4.69) is 30.9 Å². The summed E-state index contributed by atoms with van der Waals surface area (Å²) in [5.41, 5.74) is 8.67. The number of nitrogen functional groups attached to an aromatic ring is 1. The first-order chi connectivity index (χ1) is 18.4. The van der Waals surface area contributed by atoms with E-state index in [-0.39, 0.29) is 28.5 Å². The summed E-state index contributed by atoms with van der Waals surface area (Å²) in [7, 11) is -1.38. The Morgan fingerprint density at radius 3 is 2.79 bits per heavy atom. The Bertz CT molecular complexity index is 1430. The molecule has 0 fully saturated rings. The molecule has 3 N–H and O–H groups in total. The van der Waals surface area contributed by atoms with E-state index in [1.54, 1.807) is 4.57 Å². The monoisotopic (exact) mass is 619 g/mol. The highest BCUT2D eigenvalue weighted by molar-refractivity contribution is 9.10. The largest absolute Gasteiger partial charge is 0.370 e. The number of aryl methyl sites for hydroxylation is 1. The zero-order chi connectivity index (χ0) is 26.9. The number of fused-ring (bicyclic) bond motifs is 1. The highest BCUT2D eigenvalue weighted by Gasteiger charge is 2.14. The summed E-state index contributed by atoms with van der Waals surface area (Å²) in [5, 5.41) is 0.00451. The summed E-state index contributed by atoms with van der Waals surface area (Å²) >= 11 is 4.68. The van der Waals surface area contributed by atoms with Crippen molar-refractivity contribution in [2.24, 2.45) is 0 Å². The molecule has 10 nitrogen and oxygen atoms in total. The first-order valence-corrected chi connectivity index (χ1v) is 14.8. The molecule has 2 aromatic carbocycles. The molecule has 0 amide bonds. The van der Waals surface area contributed by atoms with E-state index in [9.17, 15) is 9.59 Å². The average molecular weight is 620 g/mol. The van der Waals surface area contributed by atoms with Gasteiger partial charge in [-0.3, -0.25) is 14.6 Å². The standard InChI is InChI=1S/C25H27BrN5O5PS/c1-17-5-7-19(8-6-17)24(33)38-12-11-35-37(36-14-18-3-2-4-20(26)13-18)16-34-10-9-31-15-28-21-22(31)29-25(27)30-23(21)32/h2-8,13,15H,9-12,14,16H2,1H3,(H3,27,29,30,32). The fraction of sp³-hybridized carbons (Fsp3) is 0.280. The molecule has 0 aliphatic carbocycles. The number of carbonyl (C=O) groups is 1. The van der Waals surface area contributed by atoms with Crippen LogP contribution in [0.2, 0.25) is 0 Å². The summed E-state index contributed by atoms with van der Waals surface area (Å²) in [5.74, 6) is 0.524. The lowest BCUT2D eigenvalue weighted by Crippen LogP contribution is -2.13. The average Bonchev–Trinajstić information content (AvgIpc) is 3.30. The Morgan fingerprint density at radius 2 is 2.00 bits per heavy atom. The van der Waals surface area contributed by atoms with Crippen molar-refractivity contribution in [3.8, 4) is 0 Å². The Hall–Kier alpha value is -2.60. The SMILES string of the molecule is Cc1ccc(C(=O)SCCOP(COCCn2cnc3c(=O)[nH]c(N)nc32)OCc2cccc(Br)c2)cc1. The molecule has 4 rings (SSSR count). The maximum Gasteiger partial charge on any atom is 0.280 e. The number of hydrogen-bond donors (Lipinski definition) is 2. The van der Waals surface area contributed by atoms with Gasteiger partial charge in [0.2, 0.25) is 11.1 Å². The summed E-state index contributed by atoms with van der Waals surface area (Å²) in [6, 6.07) is 15.3. The van der Waals surface area contributed by atoms with Gasteiger partial charge < -0.3 is 24.1 Å². The zero-order valence-corrected chi connectivity index (χ0v) is 23.9. The molecule has 1 atom stereocenters. The van der Waals surface area contributed by atoms with E-state index in [0.29, 0.717) is 43.3 Å².